The summed E-state index contributed by atoms with van der Waals surface area (Å²) in [6, 6.07) is 3.31. The first kappa shape index (κ1) is 8.45. The molecule has 0 aliphatic carbocycles. The summed E-state index contributed by atoms with van der Waals surface area (Å²) in [5.74, 6) is -0.362. The molecule has 2 aromatic rings. The second-order valence-electron chi connectivity index (χ2n) is 2.92. The molecule has 1 aromatic carbocycles. The van der Waals surface area contributed by atoms with Crippen LogP contribution >= 0.6 is 11.6 Å². The summed E-state index contributed by atoms with van der Waals surface area (Å²) < 4.78 is 13.5. The molecule has 0 aliphatic rings. The van der Waals surface area contributed by atoms with Crippen molar-refractivity contribution in [2.45, 2.75) is 6.92 Å². The largest absolute Gasteiger partial charge is 0.264 e. The number of rotatable bonds is 0. The summed E-state index contributed by atoms with van der Waals surface area (Å²) in [6.45, 7) is 1.81. The van der Waals surface area contributed by atoms with Gasteiger partial charge < -0.3 is 0 Å². The Kier molecular flexibility index (Phi) is 1.93. The molecule has 0 unspecified atom stereocenters. The third-order valence-electron chi connectivity index (χ3n) is 2.00. The maximum atomic E-state index is 13.5. The maximum Gasteiger partial charge on any atom is 0.149 e. The van der Waals surface area contributed by atoms with Crippen LogP contribution in [0.3, 0.4) is 0 Å². The zero-order chi connectivity index (χ0) is 9.42. The number of nitrogens with zero attached hydrogens (tertiary/aromatic N) is 1. The molecule has 0 radical (unpaired) electrons. The number of halogens is 2. The lowest BCUT2D eigenvalue weighted by Gasteiger charge is -2.03. The molecule has 0 bridgehead atoms. The monoisotopic (exact) mass is 195 g/mol. The van der Waals surface area contributed by atoms with E-state index in [9.17, 15) is 4.39 Å². The lowest BCUT2D eigenvalue weighted by molar-refractivity contribution is 0.639. The van der Waals surface area contributed by atoms with Crippen molar-refractivity contribution in [1.82, 2.24) is 4.98 Å². The first-order valence-electron chi connectivity index (χ1n) is 3.88. The van der Waals surface area contributed by atoms with Crippen molar-refractivity contribution in [3.63, 3.8) is 0 Å². The highest BCUT2D eigenvalue weighted by Gasteiger charge is 2.07. The number of aromatic nitrogens is 1. The first-order chi connectivity index (χ1) is 6.20. The maximum absolute atomic E-state index is 13.5. The van der Waals surface area contributed by atoms with Crippen LogP contribution in [-0.2, 0) is 0 Å². The predicted octanol–water partition coefficient (Wildman–Crippen LogP) is 3.34. The Labute approximate surface area is 80.2 Å². The van der Waals surface area contributed by atoms with Gasteiger partial charge in [0.2, 0.25) is 0 Å². The molecular weight excluding hydrogens is 189 g/mol. The number of benzene rings is 1. The smallest absolute Gasteiger partial charge is 0.149 e. The molecule has 66 valence electrons. The molecule has 3 heteroatoms. The average molecular weight is 196 g/mol. The molecule has 13 heavy (non-hydrogen) atoms. The van der Waals surface area contributed by atoms with Crippen molar-refractivity contribution in [2.24, 2.45) is 0 Å². The van der Waals surface area contributed by atoms with Gasteiger partial charge in [0.15, 0.2) is 0 Å². The fourth-order valence-electron chi connectivity index (χ4n) is 1.37. The molecule has 0 spiro atoms. The molecule has 0 fully saturated rings. The van der Waals surface area contributed by atoms with Crippen molar-refractivity contribution in [3.05, 3.63) is 40.9 Å². The molecule has 0 saturated carbocycles. The van der Waals surface area contributed by atoms with Gasteiger partial charge in [0.25, 0.3) is 0 Å². The Hall–Kier alpha value is -1.15. The van der Waals surface area contributed by atoms with Gasteiger partial charge in [-0.3, -0.25) is 4.98 Å². The van der Waals surface area contributed by atoms with Crippen LogP contribution in [0.2, 0.25) is 5.02 Å². The van der Waals surface area contributed by atoms with Gasteiger partial charge in [-0.1, -0.05) is 17.7 Å². The quantitative estimate of drug-likeness (QED) is 0.628. The lowest BCUT2D eigenvalue weighted by Crippen LogP contribution is -1.86. The van der Waals surface area contributed by atoms with Crippen molar-refractivity contribution in [1.29, 1.82) is 0 Å². The first-order valence-corrected chi connectivity index (χ1v) is 4.26. The van der Waals surface area contributed by atoms with Crippen molar-refractivity contribution < 1.29 is 4.39 Å². The van der Waals surface area contributed by atoms with Crippen LogP contribution in [0.15, 0.2) is 24.5 Å². The van der Waals surface area contributed by atoms with Crippen LogP contribution < -0.4 is 0 Å². The minimum absolute atomic E-state index is 0.154. The molecule has 0 atom stereocenters. The summed E-state index contributed by atoms with van der Waals surface area (Å²) in [5.41, 5.74) is 0.803. The molecule has 1 nitrogen and oxygen atoms in total. The van der Waals surface area contributed by atoms with Crippen LogP contribution in [0.25, 0.3) is 10.8 Å². The van der Waals surface area contributed by atoms with Gasteiger partial charge >= 0.3 is 0 Å². The fourth-order valence-corrected chi connectivity index (χ4v) is 1.53. The summed E-state index contributed by atoms with van der Waals surface area (Å²) in [7, 11) is 0. The van der Waals surface area contributed by atoms with Gasteiger partial charge in [0.1, 0.15) is 5.82 Å². The second-order valence-corrected chi connectivity index (χ2v) is 3.32. The molecule has 0 saturated heterocycles. The van der Waals surface area contributed by atoms with Crippen LogP contribution in [-0.4, -0.2) is 4.98 Å². The molecule has 1 heterocycles. The van der Waals surface area contributed by atoms with Crippen molar-refractivity contribution >= 4 is 22.4 Å². The molecule has 0 N–H and O–H groups in total. The Bertz CT molecular complexity index is 468. The fraction of sp³-hybridized carbons (Fsp3) is 0.100. The highest BCUT2D eigenvalue weighted by Crippen LogP contribution is 2.25. The molecule has 2 rings (SSSR count). The summed E-state index contributed by atoms with van der Waals surface area (Å²) in [6.07, 6.45) is 3.25. The lowest BCUT2D eigenvalue weighted by atomic mass is 10.1. The number of hydrogen-bond acceptors (Lipinski definition) is 1. The Morgan fingerprint density at radius 1 is 1.31 bits per heavy atom. The Morgan fingerprint density at radius 3 is 2.85 bits per heavy atom. The third-order valence-corrected chi connectivity index (χ3v) is 2.30. The predicted molar refractivity (Wildman–Crippen MR) is 51.4 cm³/mol. The molecule has 0 aliphatic heterocycles. The Balaban J connectivity index is 2.97. The van der Waals surface area contributed by atoms with Crippen LogP contribution in [0.4, 0.5) is 4.39 Å². The number of pyridine rings is 1. The van der Waals surface area contributed by atoms with E-state index in [2.05, 4.69) is 4.98 Å². The van der Waals surface area contributed by atoms with E-state index in [4.69, 9.17) is 11.6 Å². The number of hydrogen-bond donors (Lipinski definition) is 0. The number of aryl methyl sites for hydroxylation is 1. The topological polar surface area (TPSA) is 12.9 Å². The summed E-state index contributed by atoms with van der Waals surface area (Å²) in [4.78, 5) is 3.97. The van der Waals surface area contributed by atoms with E-state index in [1.54, 1.807) is 24.5 Å². The highest BCUT2D eigenvalue weighted by atomic mass is 35.5. The van der Waals surface area contributed by atoms with E-state index in [0.29, 0.717) is 5.39 Å². The highest BCUT2D eigenvalue weighted by molar-refractivity contribution is 6.31. The van der Waals surface area contributed by atoms with E-state index in [1.165, 1.54) is 0 Å². The zero-order valence-electron chi connectivity index (χ0n) is 7.01. The molecule has 1 aromatic heterocycles. The van der Waals surface area contributed by atoms with Gasteiger partial charge in [0, 0.05) is 23.2 Å². The van der Waals surface area contributed by atoms with Crippen molar-refractivity contribution in [2.75, 3.05) is 0 Å². The van der Waals surface area contributed by atoms with Gasteiger partial charge in [-0.15, -0.1) is 0 Å². The third kappa shape index (κ3) is 1.27. The minimum atomic E-state index is -0.362. The molecule has 0 amide bonds. The average Bonchev–Trinajstić information content (AvgIpc) is 2.12. The Morgan fingerprint density at radius 2 is 2.08 bits per heavy atom. The van der Waals surface area contributed by atoms with Crippen LogP contribution in [0.1, 0.15) is 5.56 Å². The van der Waals surface area contributed by atoms with E-state index >= 15 is 0 Å². The minimum Gasteiger partial charge on any atom is -0.264 e. The van der Waals surface area contributed by atoms with Gasteiger partial charge in [-0.25, -0.2) is 4.39 Å². The van der Waals surface area contributed by atoms with E-state index in [1.807, 2.05) is 6.92 Å². The van der Waals surface area contributed by atoms with Crippen LogP contribution in [0.5, 0.6) is 0 Å². The van der Waals surface area contributed by atoms with Gasteiger partial charge in [0.05, 0.1) is 5.02 Å². The zero-order valence-corrected chi connectivity index (χ0v) is 7.77. The SMILES string of the molecule is Cc1cncc2ccc(Cl)c(F)c12. The standard InChI is InChI=1S/C10H7ClFN/c1-6-4-13-5-7-2-3-8(11)10(12)9(6)7/h2-5H,1H3. The van der Waals surface area contributed by atoms with E-state index in [0.717, 1.165) is 10.9 Å². The van der Waals surface area contributed by atoms with Crippen LogP contribution in [0, 0.1) is 12.7 Å². The van der Waals surface area contributed by atoms with E-state index < -0.39 is 0 Å². The van der Waals surface area contributed by atoms with E-state index in [-0.39, 0.29) is 10.8 Å². The molecular formula is C10H7ClFN. The van der Waals surface area contributed by atoms with Crippen molar-refractivity contribution in [3.8, 4) is 0 Å². The summed E-state index contributed by atoms with van der Waals surface area (Å²) in [5, 5.41) is 1.49. The summed E-state index contributed by atoms with van der Waals surface area (Å²) >= 11 is 5.66. The van der Waals surface area contributed by atoms with Gasteiger partial charge in [-0.2, -0.15) is 0 Å². The second kappa shape index (κ2) is 2.96. The van der Waals surface area contributed by atoms with Gasteiger partial charge in [-0.05, 0) is 18.6 Å². The number of fused-ring (bicyclic) bond motifs is 1. The normalized spacial score (nSPS) is 10.7.